The molecule has 3 heteroatoms. The first-order valence-corrected chi connectivity index (χ1v) is 5.89. The van der Waals surface area contributed by atoms with E-state index in [0.717, 1.165) is 10.5 Å². The predicted octanol–water partition coefficient (Wildman–Crippen LogP) is 0.309. The minimum atomic E-state index is -1.58. The Hall–Kier alpha value is -0.126. The van der Waals surface area contributed by atoms with Gasteiger partial charge in [-0.3, -0.25) is 0 Å². The molecule has 0 heterocycles. The van der Waals surface area contributed by atoms with Gasteiger partial charge in [0, 0.05) is 0 Å². The van der Waals surface area contributed by atoms with E-state index in [1.165, 1.54) is 0 Å². The van der Waals surface area contributed by atoms with Crippen LogP contribution in [0.1, 0.15) is 0 Å². The predicted molar refractivity (Wildman–Crippen MR) is 43.0 cm³/mol. The summed E-state index contributed by atoms with van der Waals surface area (Å²) in [5, 5.41) is 0. The van der Waals surface area contributed by atoms with E-state index in [2.05, 4.69) is 19.7 Å². The van der Waals surface area contributed by atoms with Crippen molar-refractivity contribution in [2.45, 2.75) is 6.55 Å². The molecule has 0 bridgehead atoms. The van der Waals surface area contributed by atoms with Crippen molar-refractivity contribution in [1.29, 1.82) is 0 Å². The van der Waals surface area contributed by atoms with E-state index in [1.54, 1.807) is 0 Å². The number of hydrogen-bond acceptors (Lipinski definition) is 1. The standard InChI is InChI=1S/C5H12OSi2/c1-4-8(3,5-2)6-7/h4-5H,1-2H2,3,7H3. The third-order valence-corrected chi connectivity index (χ3v) is 6.39. The van der Waals surface area contributed by atoms with Gasteiger partial charge in [0.1, 0.15) is 10.5 Å². The largest absolute Gasteiger partial charge is 0.458 e. The van der Waals surface area contributed by atoms with Gasteiger partial charge in [0.2, 0.25) is 8.32 Å². The highest BCUT2D eigenvalue weighted by Gasteiger charge is 2.15. The summed E-state index contributed by atoms with van der Waals surface area (Å²) in [4.78, 5) is 0. The molecule has 0 atom stereocenters. The van der Waals surface area contributed by atoms with Crippen molar-refractivity contribution in [3.63, 3.8) is 0 Å². The van der Waals surface area contributed by atoms with Crippen molar-refractivity contribution in [1.82, 2.24) is 0 Å². The smallest absolute Gasteiger partial charge is 0.225 e. The van der Waals surface area contributed by atoms with Crippen LogP contribution in [0.5, 0.6) is 0 Å². The van der Waals surface area contributed by atoms with E-state index in [9.17, 15) is 0 Å². The van der Waals surface area contributed by atoms with Crippen LogP contribution in [-0.4, -0.2) is 18.8 Å². The molecule has 0 aliphatic rings. The fourth-order valence-corrected chi connectivity index (χ4v) is 1.75. The minimum Gasteiger partial charge on any atom is -0.458 e. The van der Waals surface area contributed by atoms with Gasteiger partial charge in [0.25, 0.3) is 0 Å². The van der Waals surface area contributed by atoms with Crippen LogP contribution in [0.4, 0.5) is 0 Å². The zero-order valence-corrected chi connectivity index (χ0v) is 8.48. The quantitative estimate of drug-likeness (QED) is 0.518. The highest BCUT2D eigenvalue weighted by atomic mass is 28.4. The fraction of sp³-hybridized carbons (Fsp3) is 0.200. The number of rotatable bonds is 3. The second-order valence-electron chi connectivity index (χ2n) is 1.80. The third kappa shape index (κ3) is 1.77. The van der Waals surface area contributed by atoms with Gasteiger partial charge in [-0.25, -0.2) is 0 Å². The molecular formula is C5H12OSi2. The Morgan fingerprint density at radius 3 is 1.88 bits per heavy atom. The molecule has 0 aromatic carbocycles. The van der Waals surface area contributed by atoms with Gasteiger partial charge < -0.3 is 4.12 Å². The summed E-state index contributed by atoms with van der Waals surface area (Å²) < 4.78 is 5.28. The molecule has 1 nitrogen and oxygen atoms in total. The van der Waals surface area contributed by atoms with Gasteiger partial charge in [-0.1, -0.05) is 11.4 Å². The van der Waals surface area contributed by atoms with Crippen LogP contribution in [0.15, 0.2) is 24.6 Å². The fourth-order valence-electron chi connectivity index (χ4n) is 0.250. The van der Waals surface area contributed by atoms with E-state index in [1.807, 2.05) is 11.4 Å². The Labute approximate surface area is 54.7 Å². The zero-order valence-electron chi connectivity index (χ0n) is 5.48. The van der Waals surface area contributed by atoms with Crippen LogP contribution < -0.4 is 0 Å². The van der Waals surface area contributed by atoms with Gasteiger partial charge in [-0.2, -0.15) is 0 Å². The lowest BCUT2D eigenvalue weighted by Crippen LogP contribution is -2.27. The summed E-state index contributed by atoms with van der Waals surface area (Å²) in [7, 11) is -0.797. The molecule has 0 saturated carbocycles. The van der Waals surface area contributed by atoms with Gasteiger partial charge in [0.05, 0.1) is 0 Å². The molecule has 0 fully saturated rings. The molecular weight excluding hydrogens is 132 g/mol. The maximum absolute atomic E-state index is 5.28. The van der Waals surface area contributed by atoms with Gasteiger partial charge in [-0.15, -0.1) is 13.2 Å². The summed E-state index contributed by atoms with van der Waals surface area (Å²) in [6.45, 7) is 9.39. The van der Waals surface area contributed by atoms with Crippen LogP contribution in [0.25, 0.3) is 0 Å². The van der Waals surface area contributed by atoms with E-state index in [4.69, 9.17) is 4.12 Å². The summed E-state index contributed by atoms with van der Waals surface area (Å²) in [5.74, 6) is 0. The molecule has 0 aliphatic heterocycles. The average molecular weight is 144 g/mol. The maximum atomic E-state index is 5.28. The van der Waals surface area contributed by atoms with Crippen LogP contribution in [0.3, 0.4) is 0 Å². The lowest BCUT2D eigenvalue weighted by atomic mass is 11.2. The van der Waals surface area contributed by atoms with Crippen molar-refractivity contribution < 1.29 is 4.12 Å². The summed E-state index contributed by atoms with van der Waals surface area (Å²) in [6.07, 6.45) is 0. The van der Waals surface area contributed by atoms with Crippen molar-refractivity contribution in [3.05, 3.63) is 24.6 Å². The molecule has 0 saturated heterocycles. The van der Waals surface area contributed by atoms with Gasteiger partial charge in [0.15, 0.2) is 0 Å². The van der Waals surface area contributed by atoms with Gasteiger partial charge >= 0.3 is 0 Å². The van der Waals surface area contributed by atoms with E-state index >= 15 is 0 Å². The first-order chi connectivity index (χ1) is 3.68. The van der Waals surface area contributed by atoms with E-state index in [0.29, 0.717) is 0 Å². The summed E-state index contributed by atoms with van der Waals surface area (Å²) >= 11 is 0. The first-order valence-electron chi connectivity index (χ1n) is 2.51. The van der Waals surface area contributed by atoms with Crippen molar-refractivity contribution >= 4 is 18.8 Å². The van der Waals surface area contributed by atoms with E-state index in [-0.39, 0.29) is 0 Å². The minimum absolute atomic E-state index is 0.785. The monoisotopic (exact) mass is 144 g/mol. The van der Waals surface area contributed by atoms with Crippen molar-refractivity contribution in [2.24, 2.45) is 0 Å². The highest BCUT2D eigenvalue weighted by Crippen LogP contribution is 2.02. The second-order valence-corrected chi connectivity index (χ2v) is 6.61. The van der Waals surface area contributed by atoms with Crippen LogP contribution >= 0.6 is 0 Å². The van der Waals surface area contributed by atoms with Crippen LogP contribution in [0.2, 0.25) is 6.55 Å². The Morgan fingerprint density at radius 2 is 1.88 bits per heavy atom. The van der Waals surface area contributed by atoms with Crippen LogP contribution in [0, 0.1) is 0 Å². The molecule has 0 aliphatic carbocycles. The first kappa shape index (κ1) is 7.87. The molecule has 0 amide bonds. The highest BCUT2D eigenvalue weighted by molar-refractivity contribution is 6.84. The zero-order chi connectivity index (χ0) is 6.62. The Bertz CT molecular complexity index is 92.6. The molecule has 0 unspecified atom stereocenters. The van der Waals surface area contributed by atoms with Gasteiger partial charge in [-0.05, 0) is 6.55 Å². The van der Waals surface area contributed by atoms with Crippen molar-refractivity contribution in [3.8, 4) is 0 Å². The van der Waals surface area contributed by atoms with Crippen molar-refractivity contribution in [2.75, 3.05) is 0 Å². The molecule has 0 aromatic rings. The Kier molecular flexibility index (Phi) is 2.96. The lowest BCUT2D eigenvalue weighted by Gasteiger charge is -2.14. The summed E-state index contributed by atoms with van der Waals surface area (Å²) in [5.41, 5.74) is 3.76. The molecule has 0 aromatic heterocycles. The molecule has 0 N–H and O–H groups in total. The molecule has 0 radical (unpaired) electrons. The molecule has 8 heavy (non-hydrogen) atoms. The molecule has 46 valence electrons. The maximum Gasteiger partial charge on any atom is 0.225 e. The normalized spacial score (nSPS) is 11.1. The number of hydrogen-bond donors (Lipinski definition) is 0. The van der Waals surface area contributed by atoms with E-state index < -0.39 is 8.32 Å². The average Bonchev–Trinajstić information content (AvgIpc) is 1.87. The lowest BCUT2D eigenvalue weighted by molar-refractivity contribution is 0.634. The molecule has 0 spiro atoms. The van der Waals surface area contributed by atoms with Crippen LogP contribution in [-0.2, 0) is 4.12 Å². The topological polar surface area (TPSA) is 9.23 Å². The summed E-state index contributed by atoms with van der Waals surface area (Å²) in [6, 6.07) is 0. The third-order valence-electron chi connectivity index (χ3n) is 1.25. The Balaban J connectivity index is 3.96. The molecule has 0 rings (SSSR count). The Morgan fingerprint density at radius 1 is 1.50 bits per heavy atom. The SMILES string of the molecule is C=C[Si](C)(C=C)O[SiH3]. The second kappa shape index (κ2) is 3.01.